The summed E-state index contributed by atoms with van der Waals surface area (Å²) in [5.74, 6) is -0.00194. The number of aromatic nitrogens is 1. The molecule has 1 aliphatic rings. The van der Waals surface area contributed by atoms with Crippen LogP contribution in [0.2, 0.25) is 0 Å². The average molecular weight is 488 g/mol. The molecular formula is C23H26BrN3O2S. The molecule has 1 saturated heterocycles. The molecule has 3 aromatic rings. The SMILES string of the molecule is Cc1cc(C)c2nc(N(CCCN3CCOCC3)C(=O)c3ccc(Br)cc3)sc2c1. The summed E-state index contributed by atoms with van der Waals surface area (Å²) in [6.07, 6.45) is 0.899. The Kier molecular flexibility index (Phi) is 6.83. The van der Waals surface area contributed by atoms with Gasteiger partial charge in [-0.1, -0.05) is 33.3 Å². The number of aryl methyl sites for hydroxylation is 2. The van der Waals surface area contributed by atoms with E-state index in [1.54, 1.807) is 11.3 Å². The van der Waals surface area contributed by atoms with E-state index in [4.69, 9.17) is 9.72 Å². The summed E-state index contributed by atoms with van der Waals surface area (Å²) in [6.45, 7) is 9.27. The molecule has 4 rings (SSSR count). The molecule has 7 heteroatoms. The quantitative estimate of drug-likeness (QED) is 0.488. The number of carbonyl (C=O) groups excluding carboxylic acids is 1. The summed E-state index contributed by atoms with van der Waals surface area (Å²) < 4.78 is 7.53. The van der Waals surface area contributed by atoms with Gasteiger partial charge in [0, 0.05) is 36.2 Å². The van der Waals surface area contributed by atoms with Gasteiger partial charge in [0.05, 0.1) is 23.4 Å². The lowest BCUT2D eigenvalue weighted by Crippen LogP contribution is -2.39. The number of morpholine rings is 1. The molecule has 158 valence electrons. The van der Waals surface area contributed by atoms with E-state index in [-0.39, 0.29) is 5.91 Å². The summed E-state index contributed by atoms with van der Waals surface area (Å²) in [7, 11) is 0. The number of fused-ring (bicyclic) bond motifs is 1. The Hall–Kier alpha value is -1.80. The number of carbonyl (C=O) groups is 1. The number of nitrogens with zero attached hydrogens (tertiary/aromatic N) is 3. The fourth-order valence-corrected chi connectivity index (χ4v) is 5.21. The van der Waals surface area contributed by atoms with Crippen LogP contribution in [0.25, 0.3) is 10.2 Å². The number of hydrogen-bond acceptors (Lipinski definition) is 5. The molecule has 0 unspecified atom stereocenters. The molecule has 0 N–H and O–H groups in total. The zero-order chi connectivity index (χ0) is 21.1. The highest BCUT2D eigenvalue weighted by atomic mass is 79.9. The maximum Gasteiger partial charge on any atom is 0.260 e. The minimum absolute atomic E-state index is 0.00194. The number of ether oxygens (including phenoxy) is 1. The van der Waals surface area contributed by atoms with Crippen LogP contribution in [0.15, 0.2) is 40.9 Å². The fraction of sp³-hybridized carbons (Fsp3) is 0.391. The van der Waals surface area contributed by atoms with Crippen LogP contribution in [0, 0.1) is 13.8 Å². The third-order valence-electron chi connectivity index (χ3n) is 5.35. The topological polar surface area (TPSA) is 45.7 Å². The van der Waals surface area contributed by atoms with Crippen LogP contribution in [-0.4, -0.2) is 55.2 Å². The minimum atomic E-state index is -0.00194. The van der Waals surface area contributed by atoms with E-state index in [0.717, 1.165) is 64.7 Å². The van der Waals surface area contributed by atoms with Crippen LogP contribution in [0.1, 0.15) is 27.9 Å². The molecule has 1 aromatic heterocycles. The van der Waals surface area contributed by atoms with Crippen molar-refractivity contribution >= 4 is 48.5 Å². The summed E-state index contributed by atoms with van der Waals surface area (Å²) in [6, 6.07) is 11.8. The number of hydrogen-bond donors (Lipinski definition) is 0. The Balaban J connectivity index is 1.59. The number of rotatable bonds is 6. The standard InChI is InChI=1S/C23H26BrN3O2S/c1-16-14-17(2)21-20(15-16)30-23(25-21)27(9-3-8-26-10-12-29-13-11-26)22(28)18-4-6-19(24)7-5-18/h4-7,14-15H,3,8-13H2,1-2H3. The van der Waals surface area contributed by atoms with Gasteiger partial charge in [0.2, 0.25) is 0 Å². The van der Waals surface area contributed by atoms with E-state index in [1.165, 1.54) is 5.56 Å². The van der Waals surface area contributed by atoms with Crippen molar-refractivity contribution in [3.8, 4) is 0 Å². The Morgan fingerprint density at radius 1 is 1.20 bits per heavy atom. The highest BCUT2D eigenvalue weighted by molar-refractivity contribution is 9.10. The first-order valence-electron chi connectivity index (χ1n) is 10.3. The molecule has 2 aromatic carbocycles. The lowest BCUT2D eigenvalue weighted by molar-refractivity contribution is 0.0376. The first kappa shape index (κ1) is 21.4. The summed E-state index contributed by atoms with van der Waals surface area (Å²) in [5, 5.41) is 0.772. The Morgan fingerprint density at radius 2 is 1.93 bits per heavy atom. The molecule has 0 radical (unpaired) electrons. The Labute approximate surface area is 189 Å². The zero-order valence-electron chi connectivity index (χ0n) is 17.4. The predicted molar refractivity (Wildman–Crippen MR) is 127 cm³/mol. The molecule has 1 fully saturated rings. The molecule has 0 spiro atoms. The van der Waals surface area contributed by atoms with Gasteiger partial charge in [-0.25, -0.2) is 4.98 Å². The van der Waals surface area contributed by atoms with Gasteiger partial charge in [-0.3, -0.25) is 14.6 Å². The molecule has 0 saturated carbocycles. The van der Waals surface area contributed by atoms with Crippen molar-refractivity contribution in [1.29, 1.82) is 0 Å². The summed E-state index contributed by atoms with van der Waals surface area (Å²) >= 11 is 5.05. The van der Waals surface area contributed by atoms with Gasteiger partial charge in [0.15, 0.2) is 5.13 Å². The second-order valence-electron chi connectivity index (χ2n) is 7.70. The largest absolute Gasteiger partial charge is 0.379 e. The third-order valence-corrected chi connectivity index (χ3v) is 6.90. The number of anilines is 1. The average Bonchev–Trinajstić information content (AvgIpc) is 3.16. The van der Waals surface area contributed by atoms with Crippen LogP contribution in [0.5, 0.6) is 0 Å². The van der Waals surface area contributed by atoms with Crippen molar-refractivity contribution < 1.29 is 9.53 Å². The van der Waals surface area contributed by atoms with Crippen molar-refractivity contribution in [2.75, 3.05) is 44.3 Å². The first-order chi connectivity index (χ1) is 14.5. The zero-order valence-corrected chi connectivity index (χ0v) is 19.8. The van der Waals surface area contributed by atoms with E-state index in [2.05, 4.69) is 46.8 Å². The van der Waals surface area contributed by atoms with Crippen LogP contribution in [-0.2, 0) is 4.74 Å². The maximum atomic E-state index is 13.4. The number of benzene rings is 2. The lowest BCUT2D eigenvalue weighted by Gasteiger charge is -2.27. The fourth-order valence-electron chi connectivity index (χ4n) is 3.78. The van der Waals surface area contributed by atoms with E-state index >= 15 is 0 Å². The Morgan fingerprint density at radius 3 is 2.67 bits per heavy atom. The van der Waals surface area contributed by atoms with Crippen molar-refractivity contribution in [2.45, 2.75) is 20.3 Å². The summed E-state index contributed by atoms with van der Waals surface area (Å²) in [4.78, 5) is 22.5. The molecule has 0 bridgehead atoms. The monoisotopic (exact) mass is 487 g/mol. The van der Waals surface area contributed by atoms with Gasteiger partial charge < -0.3 is 4.74 Å². The van der Waals surface area contributed by atoms with Crippen molar-refractivity contribution in [1.82, 2.24) is 9.88 Å². The van der Waals surface area contributed by atoms with Crippen LogP contribution in [0.3, 0.4) is 0 Å². The molecule has 1 aliphatic heterocycles. The van der Waals surface area contributed by atoms with Crippen LogP contribution >= 0.6 is 27.3 Å². The second kappa shape index (κ2) is 9.56. The highest BCUT2D eigenvalue weighted by Gasteiger charge is 2.22. The maximum absolute atomic E-state index is 13.4. The number of amides is 1. The van der Waals surface area contributed by atoms with Crippen molar-refractivity contribution in [3.63, 3.8) is 0 Å². The molecule has 30 heavy (non-hydrogen) atoms. The van der Waals surface area contributed by atoms with Gasteiger partial charge in [-0.15, -0.1) is 0 Å². The number of thiazole rings is 1. The minimum Gasteiger partial charge on any atom is -0.379 e. The van der Waals surface area contributed by atoms with E-state index < -0.39 is 0 Å². The van der Waals surface area contributed by atoms with E-state index in [9.17, 15) is 4.79 Å². The van der Waals surface area contributed by atoms with Crippen LogP contribution < -0.4 is 4.90 Å². The van der Waals surface area contributed by atoms with E-state index in [1.807, 2.05) is 29.2 Å². The molecule has 0 atom stereocenters. The first-order valence-corrected chi connectivity index (χ1v) is 11.9. The third kappa shape index (κ3) is 4.91. The normalized spacial score (nSPS) is 14.9. The molecule has 1 amide bonds. The van der Waals surface area contributed by atoms with Crippen molar-refractivity contribution in [2.24, 2.45) is 0 Å². The molecular weight excluding hydrogens is 462 g/mol. The second-order valence-corrected chi connectivity index (χ2v) is 9.62. The molecule has 2 heterocycles. The summed E-state index contributed by atoms with van der Waals surface area (Å²) in [5.41, 5.74) is 4.03. The molecule has 5 nitrogen and oxygen atoms in total. The van der Waals surface area contributed by atoms with Gasteiger partial charge in [-0.05, 0) is 61.7 Å². The van der Waals surface area contributed by atoms with Crippen molar-refractivity contribution in [3.05, 3.63) is 57.6 Å². The highest BCUT2D eigenvalue weighted by Crippen LogP contribution is 2.32. The van der Waals surface area contributed by atoms with Gasteiger partial charge >= 0.3 is 0 Å². The lowest BCUT2D eigenvalue weighted by atomic mass is 10.1. The van der Waals surface area contributed by atoms with Crippen LogP contribution in [0.4, 0.5) is 5.13 Å². The smallest absolute Gasteiger partial charge is 0.260 e. The molecule has 0 aliphatic carbocycles. The predicted octanol–water partition coefficient (Wildman–Crippen LogP) is 5.04. The van der Waals surface area contributed by atoms with Gasteiger partial charge in [-0.2, -0.15) is 0 Å². The Bertz CT molecular complexity index is 1030. The van der Waals surface area contributed by atoms with E-state index in [0.29, 0.717) is 12.1 Å². The van der Waals surface area contributed by atoms with Gasteiger partial charge in [0.25, 0.3) is 5.91 Å². The number of halogens is 1. The van der Waals surface area contributed by atoms with Gasteiger partial charge in [0.1, 0.15) is 0 Å².